The third-order valence-corrected chi connectivity index (χ3v) is 4.69. The third kappa shape index (κ3) is 3.55. The van der Waals surface area contributed by atoms with E-state index in [0.717, 1.165) is 5.56 Å². The van der Waals surface area contributed by atoms with Gasteiger partial charge >= 0.3 is 0 Å². The summed E-state index contributed by atoms with van der Waals surface area (Å²) in [5, 5.41) is 2.90. The first-order valence-corrected chi connectivity index (χ1v) is 8.32. The van der Waals surface area contributed by atoms with Gasteiger partial charge in [0.15, 0.2) is 0 Å². The largest absolute Gasteiger partial charge is 0.387 e. The van der Waals surface area contributed by atoms with Gasteiger partial charge in [-0.25, -0.2) is 8.42 Å². The second kappa shape index (κ2) is 6.18. The van der Waals surface area contributed by atoms with Crippen LogP contribution < -0.4 is 10.0 Å². The van der Waals surface area contributed by atoms with E-state index in [-0.39, 0.29) is 4.90 Å². The summed E-state index contributed by atoms with van der Waals surface area (Å²) in [7, 11) is -1.91. The van der Waals surface area contributed by atoms with Gasteiger partial charge in [0.05, 0.1) is 5.69 Å². The quantitative estimate of drug-likeness (QED) is 0.886. The van der Waals surface area contributed by atoms with Gasteiger partial charge in [-0.15, -0.1) is 0 Å². The van der Waals surface area contributed by atoms with E-state index in [9.17, 15) is 8.42 Å². The van der Waals surface area contributed by atoms with Gasteiger partial charge in [-0.05, 0) is 35.7 Å². The van der Waals surface area contributed by atoms with Crippen molar-refractivity contribution in [3.05, 3.63) is 54.1 Å². The minimum Gasteiger partial charge on any atom is -0.387 e. The fourth-order valence-corrected chi connectivity index (χ4v) is 3.34. The van der Waals surface area contributed by atoms with Crippen molar-refractivity contribution in [2.45, 2.75) is 24.7 Å². The lowest BCUT2D eigenvalue weighted by atomic mass is 10.0. The molecule has 2 N–H and O–H groups in total. The van der Waals surface area contributed by atoms with E-state index in [1.807, 2.05) is 18.2 Å². The van der Waals surface area contributed by atoms with Crippen LogP contribution in [0.5, 0.6) is 0 Å². The predicted octanol–water partition coefficient (Wildman–Crippen LogP) is 3.65. The van der Waals surface area contributed by atoms with Gasteiger partial charge in [0.1, 0.15) is 4.90 Å². The molecule has 0 spiro atoms. The maximum atomic E-state index is 12.5. The Bertz CT molecular complexity index is 725. The Morgan fingerprint density at radius 1 is 1.00 bits per heavy atom. The number of rotatable bonds is 5. The van der Waals surface area contributed by atoms with Gasteiger partial charge in [0.25, 0.3) is 10.0 Å². The van der Waals surface area contributed by atoms with Crippen LogP contribution in [0.3, 0.4) is 0 Å². The van der Waals surface area contributed by atoms with Gasteiger partial charge < -0.3 is 5.32 Å². The Hall–Kier alpha value is -2.01. The first-order chi connectivity index (χ1) is 9.94. The number of benzene rings is 2. The normalized spacial score (nSPS) is 11.4. The van der Waals surface area contributed by atoms with E-state index >= 15 is 0 Å². The average Bonchev–Trinajstić information content (AvgIpc) is 2.47. The molecule has 0 unspecified atom stereocenters. The first kappa shape index (κ1) is 15.4. The van der Waals surface area contributed by atoms with Crippen LogP contribution in [-0.2, 0) is 10.0 Å². The monoisotopic (exact) mass is 304 g/mol. The first-order valence-electron chi connectivity index (χ1n) is 6.83. The highest BCUT2D eigenvalue weighted by Crippen LogP contribution is 2.25. The van der Waals surface area contributed by atoms with Crippen LogP contribution in [0.25, 0.3) is 0 Å². The number of hydrogen-bond donors (Lipinski definition) is 2. The van der Waals surface area contributed by atoms with Crippen molar-refractivity contribution in [2.75, 3.05) is 17.1 Å². The molecule has 2 aromatic carbocycles. The van der Waals surface area contributed by atoms with E-state index in [4.69, 9.17) is 0 Å². The summed E-state index contributed by atoms with van der Waals surface area (Å²) in [6.45, 7) is 4.15. The highest BCUT2D eigenvalue weighted by atomic mass is 32.2. The third-order valence-electron chi connectivity index (χ3n) is 3.25. The maximum absolute atomic E-state index is 12.5. The molecule has 0 aliphatic carbocycles. The van der Waals surface area contributed by atoms with E-state index in [0.29, 0.717) is 17.3 Å². The SMILES string of the molecule is CNc1ccccc1S(=O)(=O)Nc1cccc(C(C)C)c1. The van der Waals surface area contributed by atoms with Crippen molar-refractivity contribution in [3.63, 3.8) is 0 Å². The molecule has 0 saturated heterocycles. The lowest BCUT2D eigenvalue weighted by Gasteiger charge is -2.13. The molecular formula is C16H20N2O2S. The molecule has 0 saturated carbocycles. The van der Waals surface area contributed by atoms with Crippen molar-refractivity contribution in [2.24, 2.45) is 0 Å². The maximum Gasteiger partial charge on any atom is 0.263 e. The van der Waals surface area contributed by atoms with Crippen LogP contribution in [0.1, 0.15) is 25.3 Å². The summed E-state index contributed by atoms with van der Waals surface area (Å²) in [6, 6.07) is 14.3. The number of para-hydroxylation sites is 1. The molecule has 5 heteroatoms. The fraction of sp³-hybridized carbons (Fsp3) is 0.250. The van der Waals surface area contributed by atoms with E-state index in [1.165, 1.54) is 0 Å². The van der Waals surface area contributed by atoms with E-state index in [1.54, 1.807) is 37.4 Å². The molecule has 4 nitrogen and oxygen atoms in total. The Balaban J connectivity index is 2.35. The molecule has 0 aromatic heterocycles. The summed E-state index contributed by atoms with van der Waals surface area (Å²) in [5.41, 5.74) is 2.24. The molecule has 21 heavy (non-hydrogen) atoms. The zero-order valence-electron chi connectivity index (χ0n) is 12.4. The molecule has 0 radical (unpaired) electrons. The van der Waals surface area contributed by atoms with Crippen LogP contribution >= 0.6 is 0 Å². The summed E-state index contributed by atoms with van der Waals surface area (Å²) in [5.74, 6) is 0.346. The summed E-state index contributed by atoms with van der Waals surface area (Å²) >= 11 is 0. The van der Waals surface area contributed by atoms with Crippen molar-refractivity contribution >= 4 is 21.4 Å². The van der Waals surface area contributed by atoms with Crippen molar-refractivity contribution in [1.82, 2.24) is 0 Å². The van der Waals surface area contributed by atoms with Crippen LogP contribution in [0.4, 0.5) is 11.4 Å². The molecule has 0 bridgehead atoms. The second-order valence-electron chi connectivity index (χ2n) is 5.13. The van der Waals surface area contributed by atoms with Crippen molar-refractivity contribution in [3.8, 4) is 0 Å². The molecule has 0 heterocycles. The highest BCUT2D eigenvalue weighted by molar-refractivity contribution is 7.92. The molecule has 2 rings (SSSR count). The Kier molecular flexibility index (Phi) is 4.53. The molecular weight excluding hydrogens is 284 g/mol. The number of nitrogens with one attached hydrogen (secondary N) is 2. The van der Waals surface area contributed by atoms with Gasteiger partial charge in [-0.3, -0.25) is 4.72 Å². The minimum atomic E-state index is -3.61. The smallest absolute Gasteiger partial charge is 0.263 e. The zero-order chi connectivity index (χ0) is 15.5. The van der Waals surface area contributed by atoms with Gasteiger partial charge in [0, 0.05) is 12.7 Å². The summed E-state index contributed by atoms with van der Waals surface area (Å²) in [4.78, 5) is 0.238. The fourth-order valence-electron chi connectivity index (χ4n) is 2.08. The molecule has 0 aliphatic rings. The van der Waals surface area contributed by atoms with Gasteiger partial charge in [-0.1, -0.05) is 38.1 Å². The standard InChI is InChI=1S/C16H20N2O2S/c1-12(2)13-7-6-8-14(11-13)18-21(19,20)16-10-5-4-9-15(16)17-3/h4-12,17-18H,1-3H3. The lowest BCUT2D eigenvalue weighted by molar-refractivity contribution is 0.601. The summed E-state index contributed by atoms with van der Waals surface area (Å²) in [6.07, 6.45) is 0. The number of sulfonamides is 1. The van der Waals surface area contributed by atoms with Crippen molar-refractivity contribution in [1.29, 1.82) is 0 Å². The second-order valence-corrected chi connectivity index (χ2v) is 6.78. The van der Waals surface area contributed by atoms with E-state index < -0.39 is 10.0 Å². The lowest BCUT2D eigenvalue weighted by Crippen LogP contribution is -2.14. The topological polar surface area (TPSA) is 58.2 Å². The van der Waals surface area contributed by atoms with E-state index in [2.05, 4.69) is 23.9 Å². The molecule has 0 atom stereocenters. The Morgan fingerprint density at radius 2 is 1.71 bits per heavy atom. The highest BCUT2D eigenvalue weighted by Gasteiger charge is 2.18. The Morgan fingerprint density at radius 3 is 2.38 bits per heavy atom. The van der Waals surface area contributed by atoms with Crippen LogP contribution in [0, 0.1) is 0 Å². The number of anilines is 2. The number of hydrogen-bond acceptors (Lipinski definition) is 3. The predicted molar refractivity (Wildman–Crippen MR) is 87.3 cm³/mol. The molecule has 0 aliphatic heterocycles. The molecule has 112 valence electrons. The van der Waals surface area contributed by atoms with Gasteiger partial charge in [-0.2, -0.15) is 0 Å². The Labute approximate surface area is 126 Å². The molecule has 0 fully saturated rings. The van der Waals surface area contributed by atoms with Crippen LogP contribution in [-0.4, -0.2) is 15.5 Å². The average molecular weight is 304 g/mol. The minimum absolute atomic E-state index is 0.238. The van der Waals surface area contributed by atoms with Gasteiger partial charge in [0.2, 0.25) is 0 Å². The van der Waals surface area contributed by atoms with Crippen LogP contribution in [0.2, 0.25) is 0 Å². The van der Waals surface area contributed by atoms with Crippen molar-refractivity contribution < 1.29 is 8.42 Å². The molecule has 2 aromatic rings. The van der Waals surface area contributed by atoms with Crippen LogP contribution in [0.15, 0.2) is 53.4 Å². The zero-order valence-corrected chi connectivity index (χ0v) is 13.2. The summed E-state index contributed by atoms with van der Waals surface area (Å²) < 4.78 is 27.7. The molecule has 0 amide bonds.